The minimum absolute atomic E-state index is 0.00434. The first kappa shape index (κ1) is 39.7. The van der Waals surface area contributed by atoms with Gasteiger partial charge in [-0.15, -0.1) is 0 Å². The van der Waals surface area contributed by atoms with E-state index in [0.717, 1.165) is 74.8 Å². The summed E-state index contributed by atoms with van der Waals surface area (Å²) in [5.74, 6) is -1.91. The molecule has 0 amide bonds. The summed E-state index contributed by atoms with van der Waals surface area (Å²) in [4.78, 5) is 17.0. The molecule has 7 heteroatoms. The number of nitrogens with zero attached hydrogens (tertiary/aromatic N) is 2. The van der Waals surface area contributed by atoms with E-state index in [-0.39, 0.29) is 17.1 Å². The van der Waals surface area contributed by atoms with Gasteiger partial charge in [0.15, 0.2) is 5.78 Å². The zero-order valence-corrected chi connectivity index (χ0v) is 30.2. The number of aryl methyl sites for hydroxylation is 2. The quantitative estimate of drug-likeness (QED) is 0.276. The molecule has 252 valence electrons. The second kappa shape index (κ2) is 18.6. The Labute approximate surface area is 272 Å². The molecule has 4 rings (SSSR count). The average molecular weight is 629 g/mol. The number of ketones is 1. The number of hydrogen-bond acceptors (Lipinski definition) is 5. The Bertz CT molecular complexity index is 1320. The van der Waals surface area contributed by atoms with E-state index in [9.17, 15) is 13.6 Å². The summed E-state index contributed by atoms with van der Waals surface area (Å²) in [5, 5.41) is 0. The molecule has 0 spiro atoms. The number of carbonyl (C=O) groups excluding carboxylic acids is 1. The van der Waals surface area contributed by atoms with Gasteiger partial charge in [0.25, 0.3) is 5.92 Å². The topological polar surface area (TPSA) is 42.0 Å². The van der Waals surface area contributed by atoms with Gasteiger partial charge in [-0.3, -0.25) is 4.79 Å². The molecule has 0 unspecified atom stereocenters. The minimum atomic E-state index is -3.04. The number of allylic oxidation sites excluding steroid dienone is 2. The number of alkyl halides is 2. The van der Waals surface area contributed by atoms with Gasteiger partial charge in [-0.25, -0.2) is 8.78 Å². The second-order valence-electron chi connectivity index (χ2n) is 10.8. The van der Waals surface area contributed by atoms with Gasteiger partial charge in [0.2, 0.25) is 0 Å². The van der Waals surface area contributed by atoms with E-state index in [1.165, 1.54) is 29.9 Å². The average Bonchev–Trinajstić information content (AvgIpc) is 3.01. The van der Waals surface area contributed by atoms with Crippen molar-refractivity contribution < 1.29 is 23.0 Å². The number of hydrogen-bond donors (Lipinski definition) is 0. The standard InChI is InChI=1S/C24H32F2N2O2.C10H14O.2C2H6/c1-7-12-28(8-2)23-17-13-20(30-6)18(24(4,25)26)14-19(17)27(5)22(16-10-9-11-16)21(23)15(3)29;1-4-9-6-5-8(2)10(7-9)11-3;2*1-2/h13-14H,7-12H2,1-6H3;5-7H,4H2,1-3H3;2*1-2H3. The number of fused-ring (bicyclic) bond motifs is 1. The van der Waals surface area contributed by atoms with Crippen LogP contribution in [0, 0.1) is 6.92 Å². The van der Waals surface area contributed by atoms with Gasteiger partial charge < -0.3 is 19.3 Å². The third-order valence-corrected chi connectivity index (χ3v) is 7.93. The predicted molar refractivity (Wildman–Crippen MR) is 187 cm³/mol. The van der Waals surface area contributed by atoms with Crippen LogP contribution in [0.1, 0.15) is 110 Å². The summed E-state index contributed by atoms with van der Waals surface area (Å²) in [5.41, 5.74) is 7.48. The molecule has 1 fully saturated rings. The molecular weight excluding hydrogens is 570 g/mol. The fraction of sp³-hybridized carbons (Fsp3) is 0.553. The van der Waals surface area contributed by atoms with Crippen LogP contribution in [0.25, 0.3) is 5.70 Å². The van der Waals surface area contributed by atoms with E-state index in [0.29, 0.717) is 11.3 Å². The van der Waals surface area contributed by atoms with Crippen molar-refractivity contribution in [1.29, 1.82) is 0 Å². The fourth-order valence-corrected chi connectivity index (χ4v) is 5.53. The van der Waals surface area contributed by atoms with Gasteiger partial charge >= 0.3 is 0 Å². The van der Waals surface area contributed by atoms with Crippen LogP contribution in [0.3, 0.4) is 0 Å². The molecule has 2 aromatic rings. The number of carbonyl (C=O) groups is 1. The monoisotopic (exact) mass is 628 g/mol. The van der Waals surface area contributed by atoms with Crippen LogP contribution in [-0.2, 0) is 17.1 Å². The molecule has 1 aliphatic heterocycles. The Morgan fingerprint density at radius 1 is 0.978 bits per heavy atom. The first-order chi connectivity index (χ1) is 21.4. The summed E-state index contributed by atoms with van der Waals surface area (Å²) >= 11 is 0. The third-order valence-electron chi connectivity index (χ3n) is 7.93. The van der Waals surface area contributed by atoms with Gasteiger partial charge in [0, 0.05) is 32.6 Å². The maximum absolute atomic E-state index is 14.4. The number of likely N-dealkylation sites (N-methyl/N-ethyl adjacent to an activating group) is 1. The van der Waals surface area contributed by atoms with Crippen LogP contribution >= 0.6 is 0 Å². The van der Waals surface area contributed by atoms with Crippen molar-refractivity contribution in [2.75, 3.05) is 39.3 Å². The Balaban J connectivity index is 0.000000563. The van der Waals surface area contributed by atoms with Crippen LogP contribution in [0.15, 0.2) is 47.2 Å². The van der Waals surface area contributed by atoms with Crippen LogP contribution in [0.2, 0.25) is 0 Å². The van der Waals surface area contributed by atoms with E-state index in [4.69, 9.17) is 9.47 Å². The molecule has 0 bridgehead atoms. The highest BCUT2D eigenvalue weighted by Crippen LogP contribution is 2.49. The highest BCUT2D eigenvalue weighted by Gasteiger charge is 2.38. The maximum atomic E-state index is 14.4. The minimum Gasteiger partial charge on any atom is -0.496 e. The molecule has 0 N–H and O–H groups in total. The van der Waals surface area contributed by atoms with E-state index < -0.39 is 5.92 Å². The summed E-state index contributed by atoms with van der Waals surface area (Å²) < 4.78 is 39.3. The zero-order valence-electron chi connectivity index (χ0n) is 30.2. The fourth-order valence-electron chi connectivity index (χ4n) is 5.53. The van der Waals surface area contributed by atoms with E-state index in [1.807, 2.05) is 39.6 Å². The SMILES string of the molecule is CC.CC.CCCN(CC)C1=C(C(C)=O)C(=C2CCC2)N(C)c2cc(C(C)(F)F)c(OC)cc21.CCc1ccc(C)c(OC)c1. The lowest BCUT2D eigenvalue weighted by Crippen LogP contribution is -2.35. The zero-order chi connectivity index (χ0) is 34.5. The van der Waals surface area contributed by atoms with Crippen molar-refractivity contribution in [2.24, 2.45) is 0 Å². The van der Waals surface area contributed by atoms with Gasteiger partial charge in [0.05, 0.1) is 42.4 Å². The number of rotatable bonds is 9. The van der Waals surface area contributed by atoms with Crippen LogP contribution in [0.5, 0.6) is 11.5 Å². The summed E-state index contributed by atoms with van der Waals surface area (Å²) in [6, 6.07) is 9.53. The summed E-state index contributed by atoms with van der Waals surface area (Å²) in [7, 11) is 4.99. The van der Waals surface area contributed by atoms with Crippen LogP contribution in [-0.4, -0.2) is 45.0 Å². The largest absolute Gasteiger partial charge is 0.496 e. The normalized spacial score (nSPS) is 13.6. The van der Waals surface area contributed by atoms with E-state index >= 15 is 0 Å². The molecule has 0 radical (unpaired) electrons. The lowest BCUT2D eigenvalue weighted by atomic mass is 9.82. The number of anilines is 1. The number of Topliss-reactive ketones (excluding diaryl/α,β-unsaturated/α-hetero) is 1. The van der Waals surface area contributed by atoms with Crippen molar-refractivity contribution in [3.8, 4) is 11.5 Å². The van der Waals surface area contributed by atoms with E-state index in [2.05, 4.69) is 50.8 Å². The maximum Gasteiger partial charge on any atom is 0.274 e. The Kier molecular flexibility index (Phi) is 16.4. The third kappa shape index (κ3) is 9.34. The molecule has 1 aliphatic carbocycles. The van der Waals surface area contributed by atoms with Gasteiger partial charge in [-0.2, -0.15) is 0 Å². The highest BCUT2D eigenvalue weighted by molar-refractivity contribution is 6.09. The smallest absolute Gasteiger partial charge is 0.274 e. The van der Waals surface area contributed by atoms with Crippen molar-refractivity contribution in [2.45, 2.75) is 107 Å². The molecule has 5 nitrogen and oxygen atoms in total. The molecule has 2 aliphatic rings. The predicted octanol–water partition coefficient (Wildman–Crippen LogP) is 10.3. The van der Waals surface area contributed by atoms with Crippen LogP contribution < -0.4 is 14.4 Å². The van der Waals surface area contributed by atoms with Gasteiger partial charge in [-0.05, 0) is 87.8 Å². The Hall–Kier alpha value is -3.35. The lowest BCUT2D eigenvalue weighted by molar-refractivity contribution is -0.113. The number of ether oxygens (including phenoxy) is 2. The summed E-state index contributed by atoms with van der Waals surface area (Å²) in [6.07, 6.45) is 4.95. The lowest BCUT2D eigenvalue weighted by Gasteiger charge is -2.41. The van der Waals surface area contributed by atoms with Crippen molar-refractivity contribution in [3.63, 3.8) is 0 Å². The van der Waals surface area contributed by atoms with Crippen molar-refractivity contribution >= 4 is 17.2 Å². The summed E-state index contributed by atoms with van der Waals surface area (Å²) in [6.45, 7) is 20.3. The molecule has 0 atom stereocenters. The van der Waals surface area contributed by atoms with Crippen molar-refractivity contribution in [3.05, 3.63) is 69.4 Å². The molecule has 2 aromatic carbocycles. The number of methoxy groups -OCH3 is 2. The first-order valence-corrected chi connectivity index (χ1v) is 16.6. The van der Waals surface area contributed by atoms with E-state index in [1.54, 1.807) is 20.1 Å². The Morgan fingerprint density at radius 2 is 1.58 bits per heavy atom. The molecule has 45 heavy (non-hydrogen) atoms. The van der Waals surface area contributed by atoms with Crippen LogP contribution in [0.4, 0.5) is 14.5 Å². The highest BCUT2D eigenvalue weighted by atomic mass is 19.3. The second-order valence-corrected chi connectivity index (χ2v) is 10.8. The molecule has 1 heterocycles. The number of benzene rings is 2. The molecule has 1 saturated carbocycles. The van der Waals surface area contributed by atoms with Crippen molar-refractivity contribution in [1.82, 2.24) is 4.90 Å². The van der Waals surface area contributed by atoms with Gasteiger partial charge in [0.1, 0.15) is 11.5 Å². The van der Waals surface area contributed by atoms with Gasteiger partial charge in [-0.1, -0.05) is 53.7 Å². The first-order valence-electron chi connectivity index (χ1n) is 16.6. The Morgan fingerprint density at radius 3 is 2.00 bits per heavy atom. The molecule has 0 aromatic heterocycles. The molecule has 0 saturated heterocycles. The molecular formula is C38H58F2N2O3. The number of halogens is 2.